The molecular weight excluding hydrogens is 300 g/mol. The third-order valence-corrected chi connectivity index (χ3v) is 4.82. The van der Waals surface area contributed by atoms with Gasteiger partial charge in [0.1, 0.15) is 0 Å². The lowest BCUT2D eigenvalue weighted by Crippen LogP contribution is -2.38. The molecule has 0 saturated carbocycles. The average Bonchev–Trinajstić information content (AvgIpc) is 3.31. The molecule has 2 aromatic rings. The first-order valence-corrected chi connectivity index (χ1v) is 8.04. The summed E-state index contributed by atoms with van der Waals surface area (Å²) in [6.45, 7) is 2.63. The van der Waals surface area contributed by atoms with Gasteiger partial charge < -0.3 is 9.80 Å². The van der Waals surface area contributed by atoms with E-state index in [0.29, 0.717) is 6.54 Å². The molecule has 1 unspecified atom stereocenters. The second-order valence-corrected chi connectivity index (χ2v) is 6.50. The molecule has 1 atom stereocenters. The Labute approximate surface area is 141 Å². The maximum atomic E-state index is 13.0. The Morgan fingerprint density at radius 3 is 2.29 bits per heavy atom. The lowest BCUT2D eigenvalue weighted by molar-refractivity contribution is -0.118. The first kappa shape index (κ1) is 14.8. The van der Waals surface area contributed by atoms with Crippen LogP contribution in [-0.2, 0) is 4.79 Å². The lowest BCUT2D eigenvalue weighted by Gasteiger charge is -2.16. The van der Waals surface area contributed by atoms with Crippen molar-refractivity contribution >= 4 is 28.7 Å². The number of amides is 1. The van der Waals surface area contributed by atoms with Crippen LogP contribution in [0.2, 0.25) is 0 Å². The molecule has 1 fully saturated rings. The van der Waals surface area contributed by atoms with Gasteiger partial charge in [0.25, 0.3) is 5.91 Å². The third kappa shape index (κ3) is 2.01. The van der Waals surface area contributed by atoms with Gasteiger partial charge in [-0.1, -0.05) is 18.2 Å². The van der Waals surface area contributed by atoms with Gasteiger partial charge in [0, 0.05) is 25.5 Å². The van der Waals surface area contributed by atoms with Crippen LogP contribution in [0.1, 0.15) is 6.92 Å². The molecule has 2 aromatic carbocycles. The van der Waals surface area contributed by atoms with Gasteiger partial charge in [-0.3, -0.25) is 4.79 Å². The number of hydrogen-bond acceptors (Lipinski definition) is 4. The van der Waals surface area contributed by atoms with Crippen LogP contribution < -0.4 is 14.8 Å². The molecule has 4 rings (SSSR count). The standard InChI is InChI=1S/C19H20N4O/c1-14-19(18(24)23(20-14)17-7-5-4-6-8-17)13-22(19)16-11-9-15(10-12-16)21(2)3/h4-12H,13H2,1-3H3. The van der Waals surface area contributed by atoms with Crippen molar-refractivity contribution in [2.24, 2.45) is 5.10 Å². The van der Waals surface area contributed by atoms with E-state index in [4.69, 9.17) is 0 Å². The predicted molar refractivity (Wildman–Crippen MR) is 97.9 cm³/mol. The highest BCUT2D eigenvalue weighted by molar-refractivity contribution is 6.28. The van der Waals surface area contributed by atoms with Crippen LogP contribution in [0.4, 0.5) is 17.1 Å². The van der Waals surface area contributed by atoms with Crippen molar-refractivity contribution in [1.29, 1.82) is 0 Å². The molecule has 1 amide bonds. The fourth-order valence-corrected chi connectivity index (χ4v) is 3.28. The molecule has 2 heterocycles. The second-order valence-electron chi connectivity index (χ2n) is 6.50. The normalized spacial score (nSPS) is 22.1. The number of para-hydroxylation sites is 1. The lowest BCUT2D eigenvalue weighted by atomic mass is 10.0. The maximum Gasteiger partial charge on any atom is 0.281 e. The van der Waals surface area contributed by atoms with E-state index in [1.54, 1.807) is 0 Å². The van der Waals surface area contributed by atoms with Crippen LogP contribution in [0.15, 0.2) is 59.7 Å². The van der Waals surface area contributed by atoms with Crippen molar-refractivity contribution in [3.05, 3.63) is 54.6 Å². The summed E-state index contributed by atoms with van der Waals surface area (Å²) < 4.78 is 0. The topological polar surface area (TPSA) is 38.9 Å². The zero-order valence-corrected chi connectivity index (χ0v) is 14.1. The van der Waals surface area contributed by atoms with Gasteiger partial charge in [-0.2, -0.15) is 10.1 Å². The van der Waals surface area contributed by atoms with E-state index < -0.39 is 5.54 Å². The molecule has 0 radical (unpaired) electrons. The molecule has 0 aliphatic carbocycles. The number of anilines is 3. The fourth-order valence-electron chi connectivity index (χ4n) is 3.28. The first-order chi connectivity index (χ1) is 11.5. The number of nitrogens with zero attached hydrogens (tertiary/aromatic N) is 4. The molecule has 1 saturated heterocycles. The van der Waals surface area contributed by atoms with Crippen molar-refractivity contribution in [2.45, 2.75) is 12.5 Å². The van der Waals surface area contributed by atoms with E-state index in [2.05, 4.69) is 39.2 Å². The van der Waals surface area contributed by atoms with Crippen LogP contribution in [0.3, 0.4) is 0 Å². The molecule has 2 aliphatic heterocycles. The van der Waals surface area contributed by atoms with Crippen LogP contribution >= 0.6 is 0 Å². The third-order valence-electron chi connectivity index (χ3n) is 4.82. The SMILES string of the molecule is CC1=NN(c2ccccc2)C(=O)C12CN2c1ccc(N(C)C)cc1. The summed E-state index contributed by atoms with van der Waals surface area (Å²) >= 11 is 0. The Morgan fingerprint density at radius 1 is 1.00 bits per heavy atom. The van der Waals surface area contributed by atoms with Gasteiger partial charge in [-0.05, 0) is 43.3 Å². The zero-order valence-electron chi connectivity index (χ0n) is 14.1. The number of carbonyl (C=O) groups is 1. The Hall–Kier alpha value is -2.82. The minimum absolute atomic E-state index is 0.0305. The molecule has 0 bridgehead atoms. The minimum atomic E-state index is -0.602. The van der Waals surface area contributed by atoms with E-state index in [0.717, 1.165) is 22.8 Å². The van der Waals surface area contributed by atoms with Crippen molar-refractivity contribution in [3.8, 4) is 0 Å². The molecule has 1 spiro atoms. The highest BCUT2D eigenvalue weighted by Crippen LogP contribution is 2.45. The van der Waals surface area contributed by atoms with Crippen molar-refractivity contribution in [3.63, 3.8) is 0 Å². The number of carbonyl (C=O) groups excluding carboxylic acids is 1. The molecule has 0 aromatic heterocycles. The first-order valence-electron chi connectivity index (χ1n) is 8.04. The number of hydrazone groups is 1. The smallest absolute Gasteiger partial charge is 0.281 e. The molecule has 5 nitrogen and oxygen atoms in total. The second kappa shape index (κ2) is 5.09. The molecule has 24 heavy (non-hydrogen) atoms. The molecular formula is C19H20N4O. The minimum Gasteiger partial charge on any atom is -0.378 e. The van der Waals surface area contributed by atoms with Crippen LogP contribution in [-0.4, -0.2) is 37.8 Å². The Morgan fingerprint density at radius 2 is 1.67 bits per heavy atom. The highest BCUT2D eigenvalue weighted by Gasteiger charge is 2.65. The summed E-state index contributed by atoms with van der Waals surface area (Å²) in [7, 11) is 4.03. The van der Waals surface area contributed by atoms with Gasteiger partial charge in [-0.25, -0.2) is 0 Å². The number of hydrogen-bond donors (Lipinski definition) is 0. The summed E-state index contributed by atoms with van der Waals surface area (Å²) in [6, 6.07) is 17.9. The summed E-state index contributed by atoms with van der Waals surface area (Å²) in [5.74, 6) is 0.0305. The van der Waals surface area contributed by atoms with E-state index in [-0.39, 0.29) is 5.91 Å². The quantitative estimate of drug-likeness (QED) is 0.816. The zero-order chi connectivity index (χ0) is 16.9. The van der Waals surface area contributed by atoms with E-state index in [1.807, 2.05) is 51.4 Å². The summed E-state index contributed by atoms with van der Waals surface area (Å²) in [4.78, 5) is 17.2. The van der Waals surface area contributed by atoms with E-state index >= 15 is 0 Å². The number of benzene rings is 2. The predicted octanol–water partition coefficient (Wildman–Crippen LogP) is 2.73. The molecule has 0 N–H and O–H groups in total. The van der Waals surface area contributed by atoms with Gasteiger partial charge in [0.2, 0.25) is 0 Å². The van der Waals surface area contributed by atoms with Crippen molar-refractivity contribution < 1.29 is 4.79 Å². The van der Waals surface area contributed by atoms with Crippen LogP contribution in [0.25, 0.3) is 0 Å². The highest BCUT2D eigenvalue weighted by atomic mass is 16.2. The van der Waals surface area contributed by atoms with Crippen molar-refractivity contribution in [2.75, 3.05) is 35.4 Å². The fraction of sp³-hybridized carbons (Fsp3) is 0.263. The Kier molecular flexibility index (Phi) is 3.13. The van der Waals surface area contributed by atoms with E-state index in [1.165, 1.54) is 5.01 Å². The Bertz CT molecular complexity index is 813. The summed E-state index contributed by atoms with van der Waals surface area (Å²) in [5, 5.41) is 6.06. The van der Waals surface area contributed by atoms with Crippen molar-refractivity contribution in [1.82, 2.24) is 0 Å². The van der Waals surface area contributed by atoms with E-state index in [9.17, 15) is 4.79 Å². The summed E-state index contributed by atoms with van der Waals surface area (Å²) in [5.41, 5.74) is 3.26. The average molecular weight is 320 g/mol. The van der Waals surface area contributed by atoms with Crippen LogP contribution in [0, 0.1) is 0 Å². The molecule has 122 valence electrons. The molecule has 2 aliphatic rings. The van der Waals surface area contributed by atoms with Gasteiger partial charge in [0.15, 0.2) is 5.54 Å². The monoisotopic (exact) mass is 320 g/mol. The maximum absolute atomic E-state index is 13.0. The number of rotatable bonds is 3. The largest absolute Gasteiger partial charge is 0.378 e. The molecule has 5 heteroatoms. The van der Waals surface area contributed by atoms with Gasteiger partial charge in [0.05, 0.1) is 17.9 Å². The Balaban J connectivity index is 1.62. The summed E-state index contributed by atoms with van der Waals surface area (Å²) in [6.07, 6.45) is 0. The van der Waals surface area contributed by atoms with Crippen LogP contribution in [0.5, 0.6) is 0 Å². The van der Waals surface area contributed by atoms with Gasteiger partial charge in [-0.15, -0.1) is 0 Å². The van der Waals surface area contributed by atoms with Gasteiger partial charge >= 0.3 is 0 Å².